The maximum Gasteiger partial charge on any atom is 0.287 e. The van der Waals surface area contributed by atoms with Crippen molar-refractivity contribution < 1.29 is 8.42 Å². The van der Waals surface area contributed by atoms with Crippen LogP contribution >= 0.6 is 11.3 Å². The Balaban J connectivity index is 3.07. The molecule has 0 saturated carbocycles. The SMILES string of the molecule is CC(C)=NNS(=O)(=O)c1sc(C)nc1C. The first-order chi connectivity index (χ1) is 6.83. The molecule has 0 aliphatic heterocycles. The largest absolute Gasteiger partial charge is 0.287 e. The van der Waals surface area contributed by atoms with Crippen molar-refractivity contribution >= 4 is 27.1 Å². The Morgan fingerprint density at radius 2 is 2.00 bits per heavy atom. The van der Waals surface area contributed by atoms with E-state index < -0.39 is 10.0 Å². The minimum Gasteiger partial charge on any atom is -0.245 e. The van der Waals surface area contributed by atoms with Crippen molar-refractivity contribution in [3.63, 3.8) is 0 Å². The molecule has 1 aromatic heterocycles. The second-order valence-electron chi connectivity index (χ2n) is 3.26. The van der Waals surface area contributed by atoms with Crippen molar-refractivity contribution in [3.8, 4) is 0 Å². The summed E-state index contributed by atoms with van der Waals surface area (Å²) in [7, 11) is -3.55. The fraction of sp³-hybridized carbons (Fsp3) is 0.500. The predicted molar refractivity (Wildman–Crippen MR) is 60.7 cm³/mol. The number of sulfonamides is 1. The summed E-state index contributed by atoms with van der Waals surface area (Å²) in [5.41, 5.74) is 1.16. The van der Waals surface area contributed by atoms with Crippen LogP contribution in [0.2, 0.25) is 0 Å². The average molecular weight is 247 g/mol. The highest BCUT2D eigenvalue weighted by molar-refractivity contribution is 7.91. The van der Waals surface area contributed by atoms with Crippen molar-refractivity contribution in [1.29, 1.82) is 0 Å². The zero-order valence-electron chi connectivity index (χ0n) is 9.03. The molecule has 0 aliphatic rings. The van der Waals surface area contributed by atoms with Crippen LogP contribution in [0.25, 0.3) is 0 Å². The van der Waals surface area contributed by atoms with Gasteiger partial charge in [0.1, 0.15) is 0 Å². The van der Waals surface area contributed by atoms with Gasteiger partial charge in [-0.05, 0) is 27.7 Å². The van der Waals surface area contributed by atoms with Gasteiger partial charge in [-0.25, -0.2) is 4.98 Å². The molecule has 0 spiro atoms. The number of aryl methyl sites for hydroxylation is 2. The fourth-order valence-corrected chi connectivity index (χ4v) is 3.33. The normalized spacial score (nSPS) is 11.2. The average Bonchev–Trinajstić information content (AvgIpc) is 2.43. The third kappa shape index (κ3) is 3.00. The highest BCUT2D eigenvalue weighted by Gasteiger charge is 2.19. The topological polar surface area (TPSA) is 71.4 Å². The van der Waals surface area contributed by atoms with Crippen molar-refractivity contribution in [2.75, 3.05) is 0 Å². The van der Waals surface area contributed by atoms with Crippen LogP contribution in [0.3, 0.4) is 0 Å². The Bertz CT molecular complexity index is 484. The van der Waals surface area contributed by atoms with Crippen molar-refractivity contribution in [2.24, 2.45) is 5.10 Å². The Labute approximate surface area is 93.3 Å². The maximum atomic E-state index is 11.7. The standard InChI is InChI=1S/C8H13N3O2S2/c1-5(2)10-11-15(12,13)8-6(3)9-7(4)14-8/h11H,1-4H3. The molecule has 0 unspecified atom stereocenters. The number of nitrogens with zero attached hydrogens (tertiary/aromatic N) is 2. The lowest BCUT2D eigenvalue weighted by Gasteiger charge is -2.00. The predicted octanol–water partition coefficient (Wildman–Crippen LogP) is 1.43. The van der Waals surface area contributed by atoms with Crippen molar-refractivity contribution in [1.82, 2.24) is 9.82 Å². The number of hydrogen-bond donors (Lipinski definition) is 1. The first-order valence-electron chi connectivity index (χ1n) is 4.29. The molecule has 0 saturated heterocycles. The molecule has 7 heteroatoms. The second kappa shape index (κ2) is 4.28. The Hall–Kier alpha value is -0.950. The van der Waals surface area contributed by atoms with Crippen LogP contribution in [0.1, 0.15) is 24.5 Å². The Kier molecular flexibility index (Phi) is 3.46. The fourth-order valence-electron chi connectivity index (χ4n) is 0.955. The van der Waals surface area contributed by atoms with Gasteiger partial charge in [0, 0.05) is 5.71 Å². The summed E-state index contributed by atoms with van der Waals surface area (Å²) in [6.45, 7) is 6.87. The molecule has 1 aromatic rings. The highest BCUT2D eigenvalue weighted by atomic mass is 32.2. The smallest absolute Gasteiger partial charge is 0.245 e. The molecule has 0 atom stereocenters. The van der Waals surface area contributed by atoms with Crippen molar-refractivity contribution in [2.45, 2.75) is 31.9 Å². The van der Waals surface area contributed by atoms with Crippen LogP contribution < -0.4 is 4.83 Å². The van der Waals surface area contributed by atoms with Crippen LogP contribution in [0.15, 0.2) is 9.31 Å². The molecule has 0 amide bonds. The van der Waals surface area contributed by atoms with E-state index in [-0.39, 0.29) is 4.21 Å². The number of aromatic nitrogens is 1. The summed E-state index contributed by atoms with van der Waals surface area (Å²) in [6.07, 6.45) is 0. The van der Waals surface area contributed by atoms with E-state index in [1.807, 2.05) is 0 Å². The zero-order valence-corrected chi connectivity index (χ0v) is 10.7. The van der Waals surface area contributed by atoms with Gasteiger partial charge in [-0.2, -0.15) is 18.4 Å². The van der Waals surface area contributed by atoms with Gasteiger partial charge in [0.2, 0.25) is 0 Å². The monoisotopic (exact) mass is 247 g/mol. The first-order valence-corrected chi connectivity index (χ1v) is 6.59. The molecule has 1 heterocycles. The summed E-state index contributed by atoms with van der Waals surface area (Å²) in [5, 5.41) is 4.41. The van der Waals surface area contributed by atoms with E-state index >= 15 is 0 Å². The van der Waals surface area contributed by atoms with Crippen LogP contribution in [0.5, 0.6) is 0 Å². The van der Waals surface area contributed by atoms with E-state index in [0.29, 0.717) is 11.4 Å². The minimum atomic E-state index is -3.55. The quantitative estimate of drug-likeness (QED) is 0.649. The van der Waals surface area contributed by atoms with E-state index in [1.165, 1.54) is 0 Å². The molecule has 0 fully saturated rings. The van der Waals surface area contributed by atoms with Crippen LogP contribution in [0.4, 0.5) is 0 Å². The number of hydrogen-bond acceptors (Lipinski definition) is 5. The zero-order chi connectivity index (χ0) is 11.6. The molecular weight excluding hydrogens is 234 g/mol. The number of rotatable bonds is 3. The third-order valence-electron chi connectivity index (χ3n) is 1.49. The van der Waals surface area contributed by atoms with Crippen molar-refractivity contribution in [3.05, 3.63) is 10.7 Å². The summed E-state index contributed by atoms with van der Waals surface area (Å²) in [4.78, 5) is 6.21. The molecule has 1 N–H and O–H groups in total. The maximum absolute atomic E-state index is 11.7. The van der Waals surface area contributed by atoms with Gasteiger partial charge >= 0.3 is 0 Å². The number of hydrazone groups is 1. The third-order valence-corrected chi connectivity index (χ3v) is 4.39. The molecular formula is C8H13N3O2S2. The summed E-state index contributed by atoms with van der Waals surface area (Å²) in [6, 6.07) is 0. The molecule has 5 nitrogen and oxygen atoms in total. The summed E-state index contributed by atoms with van der Waals surface area (Å²) >= 11 is 1.14. The lowest BCUT2D eigenvalue weighted by Crippen LogP contribution is -2.18. The van der Waals surface area contributed by atoms with E-state index in [9.17, 15) is 8.42 Å². The summed E-state index contributed by atoms with van der Waals surface area (Å²) in [5.74, 6) is 0. The van der Waals surface area contributed by atoms with Crippen LogP contribution in [0, 0.1) is 13.8 Å². The van der Waals surface area contributed by atoms with E-state index in [1.54, 1.807) is 27.7 Å². The molecule has 0 radical (unpaired) electrons. The Morgan fingerprint density at radius 3 is 2.40 bits per heavy atom. The molecule has 0 aliphatic carbocycles. The minimum absolute atomic E-state index is 0.227. The van der Waals surface area contributed by atoms with E-state index in [4.69, 9.17) is 0 Å². The van der Waals surface area contributed by atoms with Crippen LogP contribution in [-0.4, -0.2) is 19.1 Å². The molecule has 0 aromatic carbocycles. The van der Waals surface area contributed by atoms with Crippen LogP contribution in [-0.2, 0) is 10.0 Å². The van der Waals surface area contributed by atoms with Gasteiger partial charge in [-0.1, -0.05) is 0 Å². The molecule has 1 rings (SSSR count). The lowest BCUT2D eigenvalue weighted by atomic mass is 10.5. The lowest BCUT2D eigenvalue weighted by molar-refractivity contribution is 0.585. The highest BCUT2D eigenvalue weighted by Crippen LogP contribution is 2.22. The van der Waals surface area contributed by atoms with Gasteiger partial charge in [0.05, 0.1) is 10.7 Å². The molecule has 84 valence electrons. The van der Waals surface area contributed by atoms with E-state index in [2.05, 4.69) is 14.9 Å². The number of thiazole rings is 1. The Morgan fingerprint density at radius 1 is 1.40 bits per heavy atom. The summed E-state index contributed by atoms with van der Waals surface area (Å²) < 4.78 is 23.7. The first kappa shape index (κ1) is 12.1. The molecule has 15 heavy (non-hydrogen) atoms. The number of nitrogens with one attached hydrogen (secondary N) is 1. The molecule has 0 bridgehead atoms. The van der Waals surface area contributed by atoms with Gasteiger partial charge in [-0.15, -0.1) is 11.3 Å². The van der Waals surface area contributed by atoms with Gasteiger partial charge < -0.3 is 0 Å². The van der Waals surface area contributed by atoms with E-state index in [0.717, 1.165) is 16.3 Å². The van der Waals surface area contributed by atoms with Gasteiger partial charge in [0.25, 0.3) is 10.0 Å². The second-order valence-corrected chi connectivity index (χ2v) is 6.32. The van der Waals surface area contributed by atoms with Gasteiger partial charge in [0.15, 0.2) is 4.21 Å². The van der Waals surface area contributed by atoms with Gasteiger partial charge in [-0.3, -0.25) is 0 Å².